The van der Waals surface area contributed by atoms with Crippen molar-refractivity contribution < 1.29 is 51.8 Å². The molecule has 0 unspecified atom stereocenters. The molecule has 0 aromatic heterocycles. The molecule has 0 rings (SSSR count). The molecule has 0 radical (unpaired) electrons. The number of halogens is 12. The van der Waals surface area contributed by atoms with E-state index in [0.29, 0.717) is 0 Å². The van der Waals surface area contributed by atoms with Crippen LogP contribution in [0.3, 0.4) is 0 Å². The normalized spacial score (nSPS) is 11.4. The van der Waals surface area contributed by atoms with Gasteiger partial charge in [-0.1, -0.05) is 0 Å². The average molecular weight is 358 g/mol. The first kappa shape index (κ1) is 29.0. The molecule has 0 atom stereocenters. The largest absolute Gasteiger partial charge is 0.673 e. The molecule has 0 heterocycles. The zero-order valence-corrected chi connectivity index (χ0v) is 13.5. The Morgan fingerprint density at radius 3 is 0.650 bits per heavy atom. The maximum absolute atomic E-state index is 9.75. The summed E-state index contributed by atoms with van der Waals surface area (Å²) >= 11 is 1.01. The first-order valence-corrected chi connectivity index (χ1v) is 6.74. The van der Waals surface area contributed by atoms with Crippen molar-refractivity contribution in [2.24, 2.45) is 0 Å². The molecule has 0 spiro atoms. The summed E-state index contributed by atoms with van der Waals surface area (Å²) in [5.41, 5.74) is 0. The maximum atomic E-state index is 9.75. The molecule has 0 aliphatic heterocycles. The number of hydrogen-bond acceptors (Lipinski definition) is 1. The topological polar surface area (TPSA) is 3.24 Å². The van der Waals surface area contributed by atoms with E-state index in [1.807, 2.05) is 0 Å². The quantitative estimate of drug-likeness (QED) is 0.512. The van der Waals surface area contributed by atoms with E-state index >= 15 is 0 Å². The zero-order chi connectivity index (χ0) is 17.8. The molecule has 0 amide bonds. The Morgan fingerprint density at radius 2 is 0.650 bits per heavy atom. The second-order valence-corrected chi connectivity index (χ2v) is 3.87. The van der Waals surface area contributed by atoms with E-state index in [1.165, 1.54) is 0.639 Å². The van der Waals surface area contributed by atoms with Gasteiger partial charge in [-0.15, -0.1) is 0 Å². The summed E-state index contributed by atoms with van der Waals surface area (Å²) in [6.07, 6.45) is 0. The summed E-state index contributed by atoms with van der Waals surface area (Å²) in [7, 11) is -13.8. The second-order valence-electron chi connectivity index (χ2n) is 2.88. The molecule has 0 bridgehead atoms. The first-order valence-electron chi connectivity index (χ1n) is 4.54. The molecule has 0 aliphatic carbocycles. The Labute approximate surface area is 141 Å². The molecule has 0 saturated heterocycles. The molecule has 0 aliphatic rings. The van der Waals surface area contributed by atoms with E-state index in [9.17, 15) is 51.8 Å². The zero-order valence-electron chi connectivity index (χ0n) is 10.4. The van der Waals surface area contributed by atoms with Gasteiger partial charge in [-0.25, -0.2) is 0 Å². The summed E-state index contributed by atoms with van der Waals surface area (Å²) in [5.74, 6) is 0. The third-order valence-electron chi connectivity index (χ3n) is 0.632. The minimum atomic E-state index is -6.00. The van der Waals surface area contributed by atoms with Crippen LogP contribution in [0.25, 0.3) is 0 Å². The van der Waals surface area contributed by atoms with Gasteiger partial charge in [-0.2, -0.15) is 0 Å². The van der Waals surface area contributed by atoms with Gasteiger partial charge >= 0.3 is 90.4 Å². The van der Waals surface area contributed by atoms with Crippen LogP contribution >= 0.6 is 0 Å². The smallest absolute Gasteiger partial charge is 0.418 e. The van der Waals surface area contributed by atoms with Crippen LogP contribution in [0.2, 0.25) is 0 Å². The minimum Gasteiger partial charge on any atom is -0.418 e. The summed E-state index contributed by atoms with van der Waals surface area (Å²) in [6.45, 7) is 0. The van der Waals surface area contributed by atoms with Gasteiger partial charge in [0.25, 0.3) is 0 Å². The molecule has 0 aromatic carbocycles. The van der Waals surface area contributed by atoms with Gasteiger partial charge in [0.1, 0.15) is 0 Å². The van der Waals surface area contributed by atoms with E-state index in [0.717, 1.165) is 49.0 Å². The Balaban J connectivity index is -0.0000000853. The molecular weight excluding hydrogens is 350 g/mol. The van der Waals surface area contributed by atoms with E-state index in [2.05, 4.69) is 19.0 Å². The molecule has 0 N–H and O–H groups in total. The monoisotopic (exact) mass is 358 g/mol. The molecule has 0 aromatic rings. The fourth-order valence-electron chi connectivity index (χ4n) is 0. The summed E-state index contributed by atoms with van der Waals surface area (Å²) in [5, 5.41) is 0. The van der Waals surface area contributed by atoms with Crippen LogP contribution in [-0.2, 0) is 0 Å². The minimum absolute atomic E-state index is 1.01. The van der Waals surface area contributed by atoms with Crippen LogP contribution in [0.5, 0.6) is 0 Å². The van der Waals surface area contributed by atoms with Crippen molar-refractivity contribution >= 4 is 70.7 Å². The van der Waals surface area contributed by atoms with Crippen LogP contribution in [-0.4, -0.2) is 90.4 Å². The van der Waals surface area contributed by atoms with Crippen LogP contribution < -0.4 is 0 Å². The predicted octanol–water partition coefficient (Wildman–Crippen LogP) is 3.57. The molecular formula is C3H8B3F12KN-3. The number of rotatable bonds is 1. The Kier molecular flexibility index (Phi) is 19.7. The standard InChI is InChI=1S/C3H8N.3BF4.K/c1-4(2)3;3*2-1(3,4)5;/h1H2,2-3H3;;;;/q;3*-1;. The van der Waals surface area contributed by atoms with E-state index in [1.54, 1.807) is 0 Å². The van der Waals surface area contributed by atoms with E-state index < -0.39 is 21.8 Å². The number of nitrogens with zero attached hydrogens (tertiary/aromatic N) is 1. The van der Waals surface area contributed by atoms with Gasteiger partial charge in [-0.05, 0) is 0 Å². The van der Waals surface area contributed by atoms with Gasteiger partial charge in [-0.3, -0.25) is 0 Å². The Hall–Kier alpha value is 0.951. The Bertz CT molecular complexity index is 153. The van der Waals surface area contributed by atoms with Gasteiger partial charge in [0, 0.05) is 0 Å². The average Bonchev–Trinajstić information content (AvgIpc) is 1.93. The van der Waals surface area contributed by atoms with Crippen LogP contribution in [0.15, 0.2) is 0 Å². The summed E-state index contributed by atoms with van der Waals surface area (Å²) < 4.78 is 118. The van der Waals surface area contributed by atoms with E-state index in [-0.39, 0.29) is 0 Å². The third kappa shape index (κ3) is 701. The van der Waals surface area contributed by atoms with Crippen molar-refractivity contribution in [2.45, 2.75) is 0 Å². The third-order valence-corrected chi connectivity index (χ3v) is 2.61. The maximum Gasteiger partial charge on any atom is 0.673 e. The van der Waals surface area contributed by atoms with Gasteiger partial charge < -0.3 is 51.8 Å². The fourth-order valence-corrected chi connectivity index (χ4v) is 0. The predicted molar refractivity (Wildman–Crippen MR) is 54.9 cm³/mol. The Morgan fingerprint density at radius 1 is 0.600 bits per heavy atom. The molecule has 0 saturated carbocycles. The van der Waals surface area contributed by atoms with Crippen molar-refractivity contribution in [2.75, 3.05) is 14.7 Å². The van der Waals surface area contributed by atoms with Crippen LogP contribution in [0.1, 0.15) is 0 Å². The SMILES string of the molecule is CN(C)[CH2][K].F[B-](F)(F)F.F[B-](F)(F)F.F[B-](F)(F)F. The number of hydrogen-bond donors (Lipinski definition) is 0. The molecule has 17 heteroatoms. The molecule has 20 heavy (non-hydrogen) atoms. The second kappa shape index (κ2) is 13.6. The van der Waals surface area contributed by atoms with Crippen LogP contribution in [0.4, 0.5) is 51.8 Å². The fraction of sp³-hybridized carbons (Fsp3) is 1.00. The van der Waals surface area contributed by atoms with Crippen LogP contribution in [0, 0.1) is 0 Å². The molecule has 1 nitrogen and oxygen atoms in total. The van der Waals surface area contributed by atoms with Crippen molar-refractivity contribution in [1.82, 2.24) is 4.90 Å². The van der Waals surface area contributed by atoms with Gasteiger partial charge in [0.2, 0.25) is 0 Å². The van der Waals surface area contributed by atoms with Crippen molar-refractivity contribution in [3.05, 3.63) is 0 Å². The van der Waals surface area contributed by atoms with Gasteiger partial charge in [0.15, 0.2) is 0 Å². The van der Waals surface area contributed by atoms with Crippen molar-refractivity contribution in [3.63, 3.8) is 0 Å². The molecule has 0 fully saturated rings. The summed E-state index contributed by atoms with van der Waals surface area (Å²) in [4.78, 5) is 2.21. The van der Waals surface area contributed by atoms with Crippen molar-refractivity contribution in [1.29, 1.82) is 0 Å². The van der Waals surface area contributed by atoms with Crippen molar-refractivity contribution in [3.8, 4) is 0 Å². The first-order chi connectivity index (χ1) is 8.27. The van der Waals surface area contributed by atoms with Gasteiger partial charge in [0.05, 0.1) is 0 Å². The summed E-state index contributed by atoms with van der Waals surface area (Å²) in [6, 6.07) is 0. The molecule has 122 valence electrons. The van der Waals surface area contributed by atoms with E-state index in [4.69, 9.17) is 0 Å².